The highest BCUT2D eigenvalue weighted by atomic mass is 19.1. The zero-order valence-electron chi connectivity index (χ0n) is 17.1. The van der Waals surface area contributed by atoms with Gasteiger partial charge < -0.3 is 25.2 Å². The molecule has 32 heavy (non-hydrogen) atoms. The van der Waals surface area contributed by atoms with E-state index in [-0.39, 0.29) is 12.6 Å². The Morgan fingerprint density at radius 3 is 2.97 bits per heavy atom. The molecule has 0 aliphatic carbocycles. The quantitative estimate of drug-likeness (QED) is 0.481. The number of ether oxygens (including phenoxy) is 1. The molecule has 2 aliphatic rings. The number of nitrogens with zero attached hydrogens (tertiary/aromatic N) is 5. The zero-order valence-corrected chi connectivity index (χ0v) is 17.1. The van der Waals surface area contributed by atoms with Gasteiger partial charge in [-0.1, -0.05) is 6.07 Å². The van der Waals surface area contributed by atoms with Crippen molar-refractivity contribution in [3.8, 4) is 0 Å². The standard InChI is InChI=1S/C21H23FN6O4/c22-15-3-1-2-12(8-29)18(15)27-5-4-13(7-27)26-19-17-20(24-10-23-19)28(11-25-17)21-16(31)6-14(9-30)32-21/h1-3,8,10-11,13-14,16,21,30-31H,4-7,9H2,(H,23,24,26)/t13?,14-,16+,21+/m0/s1. The third kappa shape index (κ3) is 3.57. The van der Waals surface area contributed by atoms with E-state index in [0.717, 1.165) is 6.42 Å². The maximum Gasteiger partial charge on any atom is 0.167 e. The van der Waals surface area contributed by atoms with Crippen molar-refractivity contribution in [2.75, 3.05) is 29.9 Å². The van der Waals surface area contributed by atoms with Crippen LogP contribution in [0.4, 0.5) is 15.9 Å². The second kappa shape index (κ2) is 8.41. The van der Waals surface area contributed by atoms with Crippen LogP contribution >= 0.6 is 0 Å². The van der Waals surface area contributed by atoms with Crippen molar-refractivity contribution in [3.05, 3.63) is 42.2 Å². The molecule has 2 aliphatic heterocycles. The lowest BCUT2D eigenvalue weighted by Gasteiger charge is -2.21. The molecule has 0 saturated carbocycles. The van der Waals surface area contributed by atoms with E-state index in [9.17, 15) is 19.4 Å². The van der Waals surface area contributed by atoms with Gasteiger partial charge in [0.1, 0.15) is 18.2 Å². The average Bonchev–Trinajstić information content (AvgIpc) is 3.52. The van der Waals surface area contributed by atoms with Gasteiger partial charge in [-0.05, 0) is 18.6 Å². The van der Waals surface area contributed by atoms with Crippen LogP contribution in [-0.2, 0) is 4.74 Å². The van der Waals surface area contributed by atoms with Crippen LogP contribution < -0.4 is 10.2 Å². The predicted octanol–water partition coefficient (Wildman–Crippen LogP) is 1.11. The Labute approximate surface area is 182 Å². The van der Waals surface area contributed by atoms with E-state index in [1.807, 2.05) is 4.90 Å². The summed E-state index contributed by atoms with van der Waals surface area (Å²) in [5.74, 6) is 0.102. The number of hydrogen-bond donors (Lipinski definition) is 3. The number of imidazole rings is 1. The van der Waals surface area contributed by atoms with Gasteiger partial charge in [-0.2, -0.15) is 0 Å². The monoisotopic (exact) mass is 442 g/mol. The number of hydrogen-bond acceptors (Lipinski definition) is 9. The first-order chi connectivity index (χ1) is 15.6. The minimum Gasteiger partial charge on any atom is -0.394 e. The fraction of sp³-hybridized carbons (Fsp3) is 0.429. The molecule has 11 heteroatoms. The van der Waals surface area contributed by atoms with E-state index in [2.05, 4.69) is 20.3 Å². The molecule has 3 aromatic rings. The van der Waals surface area contributed by atoms with Crippen molar-refractivity contribution in [1.82, 2.24) is 19.5 Å². The highest BCUT2D eigenvalue weighted by Crippen LogP contribution is 2.32. The van der Waals surface area contributed by atoms with Crippen molar-refractivity contribution in [3.63, 3.8) is 0 Å². The van der Waals surface area contributed by atoms with Gasteiger partial charge in [-0.3, -0.25) is 9.36 Å². The molecule has 5 rings (SSSR count). The molecule has 2 aromatic heterocycles. The van der Waals surface area contributed by atoms with Crippen molar-refractivity contribution >= 4 is 29.0 Å². The van der Waals surface area contributed by atoms with Crippen LogP contribution in [0.3, 0.4) is 0 Å². The maximum atomic E-state index is 14.4. The molecular formula is C21H23FN6O4. The van der Waals surface area contributed by atoms with Gasteiger partial charge in [-0.25, -0.2) is 19.3 Å². The Bertz CT molecular complexity index is 1140. The normalized spacial score (nSPS) is 25.5. The van der Waals surface area contributed by atoms with Crippen LogP contribution in [0.1, 0.15) is 29.4 Å². The maximum absolute atomic E-state index is 14.4. The van der Waals surface area contributed by atoms with Gasteiger partial charge >= 0.3 is 0 Å². The lowest BCUT2D eigenvalue weighted by Crippen LogP contribution is -2.27. The van der Waals surface area contributed by atoms with Gasteiger partial charge in [0.2, 0.25) is 0 Å². The third-order valence-electron chi connectivity index (χ3n) is 5.99. The number of para-hydroxylation sites is 1. The summed E-state index contributed by atoms with van der Waals surface area (Å²) in [6.45, 7) is 0.914. The minimum absolute atomic E-state index is 0.0375. The number of nitrogens with one attached hydrogen (secondary N) is 1. The van der Waals surface area contributed by atoms with E-state index >= 15 is 0 Å². The summed E-state index contributed by atoms with van der Waals surface area (Å²) in [7, 11) is 0. The van der Waals surface area contributed by atoms with Crippen molar-refractivity contribution < 1.29 is 24.1 Å². The molecule has 4 heterocycles. The molecule has 0 bridgehead atoms. The summed E-state index contributed by atoms with van der Waals surface area (Å²) in [6.07, 6.45) is 2.75. The van der Waals surface area contributed by atoms with Gasteiger partial charge in [0.05, 0.1) is 24.7 Å². The molecule has 3 N–H and O–H groups in total. The number of benzene rings is 1. The van der Waals surface area contributed by atoms with Crippen LogP contribution in [0.25, 0.3) is 11.2 Å². The van der Waals surface area contributed by atoms with E-state index in [0.29, 0.717) is 54.0 Å². The highest BCUT2D eigenvalue weighted by Gasteiger charge is 2.36. The summed E-state index contributed by atoms with van der Waals surface area (Å²) in [5.41, 5.74) is 1.66. The van der Waals surface area contributed by atoms with E-state index in [1.165, 1.54) is 24.8 Å². The number of aliphatic hydroxyl groups is 2. The van der Waals surface area contributed by atoms with Crippen LogP contribution in [0, 0.1) is 5.82 Å². The molecule has 1 aromatic carbocycles. The Hall–Kier alpha value is -3.15. The Morgan fingerprint density at radius 2 is 2.19 bits per heavy atom. The number of halogens is 1. The first-order valence-electron chi connectivity index (χ1n) is 10.5. The van der Waals surface area contributed by atoms with Crippen LogP contribution in [0.15, 0.2) is 30.9 Å². The molecule has 4 atom stereocenters. The van der Waals surface area contributed by atoms with Crippen molar-refractivity contribution in [2.24, 2.45) is 0 Å². The van der Waals surface area contributed by atoms with Crippen LogP contribution in [0.2, 0.25) is 0 Å². The fourth-order valence-corrected chi connectivity index (χ4v) is 4.48. The first kappa shape index (κ1) is 20.7. The van der Waals surface area contributed by atoms with Gasteiger partial charge in [0.25, 0.3) is 0 Å². The SMILES string of the molecule is O=Cc1cccc(F)c1N1CCC(Nc2ncnc3c2ncn3[C@@H]2O[C@H](CO)C[C@H]2O)C1. The van der Waals surface area contributed by atoms with Crippen LogP contribution in [-0.4, -0.2) is 74.0 Å². The molecule has 1 unspecified atom stereocenters. The van der Waals surface area contributed by atoms with E-state index in [4.69, 9.17) is 4.74 Å². The molecule has 0 spiro atoms. The third-order valence-corrected chi connectivity index (χ3v) is 5.99. The largest absolute Gasteiger partial charge is 0.394 e. The lowest BCUT2D eigenvalue weighted by molar-refractivity contribution is -0.0486. The minimum atomic E-state index is -0.785. The number of aromatic nitrogens is 4. The van der Waals surface area contributed by atoms with Gasteiger partial charge in [0, 0.05) is 31.1 Å². The molecule has 2 saturated heterocycles. The Morgan fingerprint density at radius 1 is 1.31 bits per heavy atom. The smallest absolute Gasteiger partial charge is 0.167 e. The van der Waals surface area contributed by atoms with Crippen molar-refractivity contribution in [2.45, 2.75) is 37.3 Å². The second-order valence-corrected chi connectivity index (χ2v) is 8.05. The predicted molar refractivity (Wildman–Crippen MR) is 113 cm³/mol. The van der Waals surface area contributed by atoms with Crippen molar-refractivity contribution in [1.29, 1.82) is 0 Å². The van der Waals surface area contributed by atoms with Gasteiger partial charge in [-0.15, -0.1) is 0 Å². The second-order valence-electron chi connectivity index (χ2n) is 8.05. The Balaban J connectivity index is 1.36. The highest BCUT2D eigenvalue weighted by molar-refractivity contribution is 5.85. The average molecular weight is 442 g/mol. The number of aliphatic hydroxyl groups excluding tert-OH is 2. The van der Waals surface area contributed by atoms with Crippen LogP contribution in [0.5, 0.6) is 0 Å². The number of carbonyl (C=O) groups excluding carboxylic acids is 1. The molecule has 0 amide bonds. The number of anilines is 2. The number of fused-ring (bicyclic) bond motifs is 1. The van der Waals surface area contributed by atoms with E-state index in [1.54, 1.807) is 10.6 Å². The zero-order chi connectivity index (χ0) is 22.2. The summed E-state index contributed by atoms with van der Waals surface area (Å²) in [6, 6.07) is 4.44. The topological polar surface area (TPSA) is 126 Å². The lowest BCUT2D eigenvalue weighted by atomic mass is 10.1. The van der Waals surface area contributed by atoms with Gasteiger partial charge in [0.15, 0.2) is 29.5 Å². The molecule has 2 fully saturated rings. The van der Waals surface area contributed by atoms with E-state index < -0.39 is 24.3 Å². The summed E-state index contributed by atoms with van der Waals surface area (Å²) < 4.78 is 21.7. The number of carbonyl (C=O) groups is 1. The molecule has 10 nitrogen and oxygen atoms in total. The Kier molecular flexibility index (Phi) is 5.45. The first-order valence-corrected chi connectivity index (χ1v) is 10.5. The number of aldehydes is 1. The fourth-order valence-electron chi connectivity index (χ4n) is 4.48. The number of rotatable bonds is 6. The molecule has 0 radical (unpaired) electrons. The summed E-state index contributed by atoms with van der Waals surface area (Å²) >= 11 is 0. The summed E-state index contributed by atoms with van der Waals surface area (Å²) in [5, 5.41) is 23.0. The summed E-state index contributed by atoms with van der Waals surface area (Å²) in [4.78, 5) is 26.2. The molecule has 168 valence electrons. The molecular weight excluding hydrogens is 419 g/mol.